The van der Waals surface area contributed by atoms with Crippen LogP contribution in [0.1, 0.15) is 12.5 Å². The van der Waals surface area contributed by atoms with E-state index < -0.39 is 36.1 Å². The Hall–Kier alpha value is -2.82. The van der Waals surface area contributed by atoms with Crippen molar-refractivity contribution in [3.63, 3.8) is 0 Å². The maximum Gasteiger partial charge on any atom is 0.490 e. The zero-order chi connectivity index (χ0) is 21.2. The zero-order valence-electron chi connectivity index (χ0n) is 14.9. The number of hydrogen-bond donors (Lipinski definition) is 3. The van der Waals surface area contributed by atoms with Crippen LogP contribution in [0.4, 0.5) is 13.2 Å². The van der Waals surface area contributed by atoms with Crippen molar-refractivity contribution in [2.45, 2.75) is 31.6 Å². The molecule has 11 heteroatoms. The van der Waals surface area contributed by atoms with Gasteiger partial charge in [-0.1, -0.05) is 12.1 Å². The first-order valence-electron chi connectivity index (χ1n) is 7.49. The summed E-state index contributed by atoms with van der Waals surface area (Å²) in [6.07, 6.45) is -4.75. The smallest absolute Gasteiger partial charge is 0.490 e. The fourth-order valence-electron chi connectivity index (χ4n) is 1.64. The first-order valence-corrected chi connectivity index (χ1v) is 7.49. The average Bonchev–Trinajstić information content (AvgIpc) is 2.60. The van der Waals surface area contributed by atoms with Crippen LogP contribution in [-0.4, -0.2) is 55.4 Å². The number of hydrogen-bond acceptors (Lipinski definition) is 6. The molecule has 0 heterocycles. The maximum absolute atomic E-state index is 11.7. The summed E-state index contributed by atoms with van der Waals surface area (Å²) in [4.78, 5) is 32.2. The van der Waals surface area contributed by atoms with Crippen molar-refractivity contribution >= 4 is 17.8 Å². The number of esters is 1. The fourth-order valence-corrected chi connectivity index (χ4v) is 1.64. The van der Waals surface area contributed by atoms with Gasteiger partial charge in [0.05, 0.1) is 20.3 Å². The van der Waals surface area contributed by atoms with E-state index in [4.69, 9.17) is 25.1 Å². The minimum absolute atomic E-state index is 0.328. The van der Waals surface area contributed by atoms with Crippen molar-refractivity contribution in [3.05, 3.63) is 29.8 Å². The number of carboxylic acids is 1. The molecule has 1 aromatic rings. The summed E-state index contributed by atoms with van der Waals surface area (Å²) < 4.78 is 41.5. The number of rotatable bonds is 6. The molecule has 1 rings (SSSR count). The van der Waals surface area contributed by atoms with Crippen LogP contribution >= 0.6 is 0 Å². The molecule has 0 unspecified atom stereocenters. The second-order valence-electron chi connectivity index (χ2n) is 5.23. The van der Waals surface area contributed by atoms with E-state index in [0.717, 1.165) is 11.3 Å². The molecule has 4 N–H and O–H groups in total. The van der Waals surface area contributed by atoms with Crippen LogP contribution in [0, 0.1) is 0 Å². The van der Waals surface area contributed by atoms with E-state index in [2.05, 4.69) is 5.32 Å². The molecule has 152 valence electrons. The number of halogens is 3. The van der Waals surface area contributed by atoms with Crippen molar-refractivity contribution in [2.24, 2.45) is 5.73 Å². The van der Waals surface area contributed by atoms with Gasteiger partial charge >= 0.3 is 18.1 Å². The van der Waals surface area contributed by atoms with E-state index in [1.165, 1.54) is 7.11 Å². The summed E-state index contributed by atoms with van der Waals surface area (Å²) in [5, 5.41) is 9.70. The molecule has 1 aromatic carbocycles. The Balaban J connectivity index is 0.000000821. The second kappa shape index (κ2) is 11.0. The standard InChI is InChI=1S/C14H20N2O4.C2HF3O2/c1-9(15)13(17)16-12(14(18)20-3)8-10-4-6-11(19-2)7-5-10;3-2(4,5)1(6)7/h4-7,9,12H,8,15H2,1-3H3,(H,16,17);(H,6,7)/t9-,12-;/m0./s1. The molecule has 0 radical (unpaired) electrons. The lowest BCUT2D eigenvalue weighted by Crippen LogP contribution is -2.48. The van der Waals surface area contributed by atoms with E-state index in [1.54, 1.807) is 26.2 Å². The van der Waals surface area contributed by atoms with Gasteiger partial charge in [-0.05, 0) is 24.6 Å². The van der Waals surface area contributed by atoms with Crippen LogP contribution in [0.3, 0.4) is 0 Å². The number of alkyl halides is 3. The summed E-state index contributed by atoms with van der Waals surface area (Å²) in [7, 11) is 2.86. The van der Waals surface area contributed by atoms with Gasteiger partial charge in [-0.25, -0.2) is 9.59 Å². The van der Waals surface area contributed by atoms with E-state index in [9.17, 15) is 22.8 Å². The van der Waals surface area contributed by atoms with Crippen LogP contribution in [0.25, 0.3) is 0 Å². The average molecular weight is 394 g/mol. The molecule has 0 aliphatic carbocycles. The van der Waals surface area contributed by atoms with Gasteiger partial charge in [0, 0.05) is 6.42 Å². The lowest BCUT2D eigenvalue weighted by atomic mass is 10.1. The third kappa shape index (κ3) is 9.45. The Labute approximate surface area is 153 Å². The molecule has 0 bridgehead atoms. The fraction of sp³-hybridized carbons (Fsp3) is 0.438. The zero-order valence-corrected chi connectivity index (χ0v) is 14.9. The molecule has 2 atom stereocenters. The summed E-state index contributed by atoms with van der Waals surface area (Å²) >= 11 is 0. The Kier molecular flexibility index (Phi) is 9.86. The summed E-state index contributed by atoms with van der Waals surface area (Å²) in [5.74, 6) is -2.93. The van der Waals surface area contributed by atoms with Gasteiger partial charge in [0.25, 0.3) is 0 Å². The van der Waals surface area contributed by atoms with Gasteiger partial charge in [0.2, 0.25) is 5.91 Å². The van der Waals surface area contributed by atoms with E-state index in [1.807, 2.05) is 12.1 Å². The Morgan fingerprint density at radius 1 is 1.19 bits per heavy atom. The number of carbonyl (C=O) groups is 3. The molecule has 8 nitrogen and oxygen atoms in total. The molecule has 0 saturated heterocycles. The van der Waals surface area contributed by atoms with Gasteiger partial charge in [0.15, 0.2) is 0 Å². The molecule has 27 heavy (non-hydrogen) atoms. The number of carboxylic acid groups (broad SMARTS) is 1. The Bertz CT molecular complexity index is 632. The summed E-state index contributed by atoms with van der Waals surface area (Å²) in [6, 6.07) is 5.79. The largest absolute Gasteiger partial charge is 0.497 e. The number of ether oxygens (including phenoxy) is 2. The van der Waals surface area contributed by atoms with Gasteiger partial charge < -0.3 is 25.6 Å². The van der Waals surface area contributed by atoms with E-state index in [-0.39, 0.29) is 0 Å². The van der Waals surface area contributed by atoms with Gasteiger partial charge in [-0.2, -0.15) is 13.2 Å². The van der Waals surface area contributed by atoms with E-state index in [0.29, 0.717) is 6.42 Å². The topological polar surface area (TPSA) is 128 Å². The molecule has 0 fully saturated rings. The minimum atomic E-state index is -5.08. The lowest BCUT2D eigenvalue weighted by molar-refractivity contribution is -0.192. The third-order valence-corrected chi connectivity index (χ3v) is 3.06. The van der Waals surface area contributed by atoms with Crippen molar-refractivity contribution in [1.29, 1.82) is 0 Å². The molecule has 1 amide bonds. The number of carbonyl (C=O) groups excluding carboxylic acids is 2. The van der Waals surface area contributed by atoms with Crippen LogP contribution < -0.4 is 15.8 Å². The van der Waals surface area contributed by atoms with Crippen LogP contribution in [0.2, 0.25) is 0 Å². The highest BCUT2D eigenvalue weighted by Gasteiger charge is 2.38. The van der Waals surface area contributed by atoms with Crippen molar-refractivity contribution in [3.8, 4) is 5.75 Å². The molecule has 0 aliphatic rings. The highest BCUT2D eigenvalue weighted by atomic mass is 19.4. The predicted molar refractivity (Wildman–Crippen MR) is 88.0 cm³/mol. The van der Waals surface area contributed by atoms with Crippen molar-refractivity contribution < 1.29 is 42.1 Å². The summed E-state index contributed by atoms with van der Waals surface area (Å²) in [6.45, 7) is 1.55. The SMILES string of the molecule is COC(=O)[C@H](Cc1ccc(OC)cc1)NC(=O)[C@H](C)N.O=C(O)C(F)(F)F. The van der Waals surface area contributed by atoms with E-state index >= 15 is 0 Å². The predicted octanol–water partition coefficient (Wildman–Crippen LogP) is 0.876. The molecular weight excluding hydrogens is 373 g/mol. The number of nitrogens with two attached hydrogens (primary N) is 1. The molecule has 0 aromatic heterocycles. The maximum atomic E-state index is 11.7. The summed E-state index contributed by atoms with van der Waals surface area (Å²) in [5.41, 5.74) is 6.36. The van der Waals surface area contributed by atoms with Gasteiger partial charge in [-0.3, -0.25) is 4.79 Å². The Morgan fingerprint density at radius 3 is 2.00 bits per heavy atom. The quantitative estimate of drug-likeness (QED) is 0.611. The highest BCUT2D eigenvalue weighted by Crippen LogP contribution is 2.14. The van der Waals surface area contributed by atoms with Gasteiger partial charge in [0.1, 0.15) is 11.8 Å². The van der Waals surface area contributed by atoms with Crippen LogP contribution in [0.15, 0.2) is 24.3 Å². The normalized spacial score (nSPS) is 12.7. The molecule has 0 spiro atoms. The lowest BCUT2D eigenvalue weighted by Gasteiger charge is -2.18. The monoisotopic (exact) mass is 394 g/mol. The second-order valence-corrected chi connectivity index (χ2v) is 5.23. The Morgan fingerprint density at radius 2 is 1.67 bits per heavy atom. The number of aliphatic carboxylic acids is 1. The van der Waals surface area contributed by atoms with Crippen LogP contribution in [0.5, 0.6) is 5.75 Å². The van der Waals surface area contributed by atoms with Crippen LogP contribution in [-0.2, 0) is 25.5 Å². The minimum Gasteiger partial charge on any atom is -0.497 e. The van der Waals surface area contributed by atoms with Crippen molar-refractivity contribution in [1.82, 2.24) is 5.32 Å². The first-order chi connectivity index (χ1) is 12.4. The number of methoxy groups -OCH3 is 2. The van der Waals surface area contributed by atoms with Crippen molar-refractivity contribution in [2.75, 3.05) is 14.2 Å². The molecular formula is C16H21F3N2O6. The van der Waals surface area contributed by atoms with Gasteiger partial charge in [-0.15, -0.1) is 0 Å². The molecule has 0 saturated carbocycles. The highest BCUT2D eigenvalue weighted by molar-refractivity contribution is 5.87. The first kappa shape index (κ1) is 24.2. The molecule has 0 aliphatic heterocycles. The number of amides is 1. The third-order valence-electron chi connectivity index (χ3n) is 3.06. The number of nitrogens with one attached hydrogen (secondary N) is 1. The number of benzene rings is 1.